The summed E-state index contributed by atoms with van der Waals surface area (Å²) in [5.74, 6) is 0.551. The van der Waals surface area contributed by atoms with Gasteiger partial charge in [0, 0.05) is 13.1 Å². The van der Waals surface area contributed by atoms with Crippen molar-refractivity contribution in [3.8, 4) is 5.75 Å². The van der Waals surface area contributed by atoms with Crippen LogP contribution in [0.25, 0.3) is 0 Å². The molecule has 0 aromatic heterocycles. The van der Waals surface area contributed by atoms with Gasteiger partial charge < -0.3 is 15.4 Å². The molecule has 0 fully saturated rings. The van der Waals surface area contributed by atoms with Gasteiger partial charge in [0.15, 0.2) is 6.61 Å². The first-order valence-corrected chi connectivity index (χ1v) is 5.50. The summed E-state index contributed by atoms with van der Waals surface area (Å²) in [5.41, 5.74) is 1.12. The van der Waals surface area contributed by atoms with E-state index in [0.717, 1.165) is 12.1 Å². The van der Waals surface area contributed by atoms with E-state index >= 15 is 0 Å². The lowest BCUT2D eigenvalue weighted by Gasteiger charge is -2.07. The fourth-order valence-electron chi connectivity index (χ4n) is 1.34. The number of ether oxygens (including phenoxy) is 1. The monoisotopic (exact) mass is 234 g/mol. The number of nitrogens with one attached hydrogen (secondary N) is 2. The molecule has 2 N–H and O–H groups in total. The molecule has 0 saturated heterocycles. The van der Waals surface area contributed by atoms with Crippen LogP contribution >= 0.6 is 0 Å². The third kappa shape index (κ3) is 5.17. The van der Waals surface area contributed by atoms with Crippen molar-refractivity contribution in [2.75, 3.05) is 20.2 Å². The van der Waals surface area contributed by atoms with Gasteiger partial charge in [-0.3, -0.25) is 4.79 Å². The number of hydrogen-bond donors (Lipinski definition) is 2. The molecule has 1 rings (SSSR count). The van der Waals surface area contributed by atoms with Crippen LogP contribution in [0.1, 0.15) is 5.56 Å². The summed E-state index contributed by atoms with van der Waals surface area (Å²) in [6.07, 6.45) is 1.63. The van der Waals surface area contributed by atoms with E-state index in [-0.39, 0.29) is 12.5 Å². The largest absolute Gasteiger partial charge is 0.484 e. The van der Waals surface area contributed by atoms with Gasteiger partial charge in [-0.25, -0.2) is 0 Å². The molecule has 1 amide bonds. The molecule has 0 spiro atoms. The summed E-state index contributed by atoms with van der Waals surface area (Å²) in [6.45, 7) is 4.78. The van der Waals surface area contributed by atoms with Crippen LogP contribution in [0.3, 0.4) is 0 Å². The molecule has 0 aliphatic rings. The van der Waals surface area contributed by atoms with Crippen molar-refractivity contribution in [3.05, 3.63) is 42.5 Å². The molecular weight excluding hydrogens is 216 g/mol. The van der Waals surface area contributed by atoms with Crippen molar-refractivity contribution in [1.29, 1.82) is 0 Å². The Bertz CT molecular complexity index is 377. The zero-order valence-electron chi connectivity index (χ0n) is 10.0. The van der Waals surface area contributed by atoms with Gasteiger partial charge in [0.1, 0.15) is 5.75 Å². The van der Waals surface area contributed by atoms with E-state index in [1.54, 1.807) is 6.08 Å². The Morgan fingerprint density at radius 2 is 2.35 bits per heavy atom. The number of hydrogen-bond acceptors (Lipinski definition) is 3. The Labute approximate surface area is 102 Å². The quantitative estimate of drug-likeness (QED) is 0.694. The fourth-order valence-corrected chi connectivity index (χ4v) is 1.34. The SMILES string of the molecule is C=CCNC(=O)COc1cccc(CNC)c1. The van der Waals surface area contributed by atoms with Gasteiger partial charge in [-0.1, -0.05) is 18.2 Å². The first kappa shape index (κ1) is 13.3. The van der Waals surface area contributed by atoms with Crippen LogP contribution in [0, 0.1) is 0 Å². The van der Waals surface area contributed by atoms with E-state index in [1.165, 1.54) is 0 Å². The van der Waals surface area contributed by atoms with Crippen LogP contribution in [0.5, 0.6) is 5.75 Å². The van der Waals surface area contributed by atoms with Crippen molar-refractivity contribution in [3.63, 3.8) is 0 Å². The van der Waals surface area contributed by atoms with Gasteiger partial charge >= 0.3 is 0 Å². The van der Waals surface area contributed by atoms with Crippen LogP contribution < -0.4 is 15.4 Å². The smallest absolute Gasteiger partial charge is 0.258 e. The third-order valence-corrected chi connectivity index (χ3v) is 2.09. The third-order valence-electron chi connectivity index (χ3n) is 2.09. The summed E-state index contributed by atoms with van der Waals surface area (Å²) < 4.78 is 5.38. The molecule has 17 heavy (non-hydrogen) atoms. The van der Waals surface area contributed by atoms with Crippen molar-refractivity contribution < 1.29 is 9.53 Å². The van der Waals surface area contributed by atoms with E-state index in [1.807, 2.05) is 31.3 Å². The minimum atomic E-state index is -0.149. The summed E-state index contributed by atoms with van der Waals surface area (Å²) in [4.78, 5) is 11.3. The lowest BCUT2D eigenvalue weighted by molar-refractivity contribution is -0.122. The summed E-state index contributed by atoms with van der Waals surface area (Å²) in [7, 11) is 1.89. The Morgan fingerprint density at radius 1 is 1.53 bits per heavy atom. The van der Waals surface area contributed by atoms with E-state index in [2.05, 4.69) is 17.2 Å². The molecule has 0 radical (unpaired) electrons. The highest BCUT2D eigenvalue weighted by atomic mass is 16.5. The molecule has 0 unspecified atom stereocenters. The van der Waals surface area contributed by atoms with Crippen molar-refractivity contribution in [1.82, 2.24) is 10.6 Å². The Kier molecular flexibility index (Phi) is 5.82. The molecule has 4 heteroatoms. The fraction of sp³-hybridized carbons (Fsp3) is 0.308. The van der Waals surface area contributed by atoms with Gasteiger partial charge in [-0.2, -0.15) is 0 Å². The maximum atomic E-state index is 11.3. The maximum Gasteiger partial charge on any atom is 0.258 e. The van der Waals surface area contributed by atoms with Crippen LogP contribution in [-0.2, 0) is 11.3 Å². The van der Waals surface area contributed by atoms with Crippen LogP contribution in [-0.4, -0.2) is 26.1 Å². The summed E-state index contributed by atoms with van der Waals surface area (Å²) in [6, 6.07) is 7.65. The average Bonchev–Trinajstić information content (AvgIpc) is 2.35. The Morgan fingerprint density at radius 3 is 3.06 bits per heavy atom. The minimum Gasteiger partial charge on any atom is -0.484 e. The molecule has 0 aliphatic carbocycles. The molecule has 0 bridgehead atoms. The van der Waals surface area contributed by atoms with Crippen molar-refractivity contribution in [2.45, 2.75) is 6.54 Å². The lowest BCUT2D eigenvalue weighted by atomic mass is 10.2. The first-order chi connectivity index (χ1) is 8.26. The van der Waals surface area contributed by atoms with Crippen molar-refractivity contribution >= 4 is 5.91 Å². The average molecular weight is 234 g/mol. The highest BCUT2D eigenvalue weighted by Gasteiger charge is 2.01. The van der Waals surface area contributed by atoms with E-state index in [4.69, 9.17) is 4.74 Å². The summed E-state index contributed by atoms with van der Waals surface area (Å²) in [5, 5.41) is 5.71. The van der Waals surface area contributed by atoms with Gasteiger partial charge in [0.25, 0.3) is 5.91 Å². The number of amides is 1. The van der Waals surface area contributed by atoms with Crippen LogP contribution in [0.2, 0.25) is 0 Å². The van der Waals surface area contributed by atoms with E-state index in [0.29, 0.717) is 12.3 Å². The second-order valence-corrected chi connectivity index (χ2v) is 3.56. The minimum absolute atomic E-state index is 0.0246. The van der Waals surface area contributed by atoms with Gasteiger partial charge in [-0.05, 0) is 24.7 Å². The van der Waals surface area contributed by atoms with Crippen LogP contribution in [0.4, 0.5) is 0 Å². The highest BCUT2D eigenvalue weighted by molar-refractivity contribution is 5.77. The second-order valence-electron chi connectivity index (χ2n) is 3.56. The molecule has 0 saturated carbocycles. The van der Waals surface area contributed by atoms with Crippen LogP contribution in [0.15, 0.2) is 36.9 Å². The van der Waals surface area contributed by atoms with Gasteiger partial charge in [-0.15, -0.1) is 6.58 Å². The standard InChI is InChI=1S/C13H18N2O2/c1-3-7-15-13(16)10-17-12-6-4-5-11(8-12)9-14-2/h3-6,8,14H,1,7,9-10H2,2H3,(H,15,16). The number of rotatable bonds is 7. The zero-order valence-corrected chi connectivity index (χ0v) is 10.0. The maximum absolute atomic E-state index is 11.3. The Balaban J connectivity index is 2.42. The molecule has 4 nitrogen and oxygen atoms in total. The number of benzene rings is 1. The highest BCUT2D eigenvalue weighted by Crippen LogP contribution is 2.12. The molecule has 1 aromatic carbocycles. The topological polar surface area (TPSA) is 50.4 Å². The normalized spacial score (nSPS) is 9.71. The number of carbonyl (C=O) groups excluding carboxylic acids is 1. The molecule has 0 aliphatic heterocycles. The first-order valence-electron chi connectivity index (χ1n) is 5.50. The Hall–Kier alpha value is -1.81. The molecule has 1 aromatic rings. The number of carbonyl (C=O) groups is 1. The van der Waals surface area contributed by atoms with Gasteiger partial charge in [0.05, 0.1) is 0 Å². The zero-order chi connectivity index (χ0) is 12.5. The lowest BCUT2D eigenvalue weighted by Crippen LogP contribution is -2.28. The molecule has 92 valence electrons. The predicted molar refractivity (Wildman–Crippen MR) is 67.9 cm³/mol. The molecule has 0 atom stereocenters. The van der Waals surface area contributed by atoms with Gasteiger partial charge in [0.2, 0.25) is 0 Å². The summed E-state index contributed by atoms with van der Waals surface area (Å²) >= 11 is 0. The molecular formula is C13H18N2O2. The van der Waals surface area contributed by atoms with E-state index in [9.17, 15) is 4.79 Å². The molecule has 0 heterocycles. The van der Waals surface area contributed by atoms with Crippen molar-refractivity contribution in [2.24, 2.45) is 0 Å². The second kappa shape index (κ2) is 7.46. The van der Waals surface area contributed by atoms with E-state index < -0.39 is 0 Å². The predicted octanol–water partition coefficient (Wildman–Crippen LogP) is 1.09.